The number of nitrogens with zero attached hydrogens (tertiary/aromatic N) is 3. The Bertz CT molecular complexity index is 792. The first-order valence-electron chi connectivity index (χ1n) is 10.8. The Morgan fingerprint density at radius 2 is 1.81 bits per heavy atom. The van der Waals surface area contributed by atoms with Gasteiger partial charge >= 0.3 is 6.18 Å². The third kappa shape index (κ3) is 6.57. The smallest absolute Gasteiger partial charge is 0.367 e. The van der Waals surface area contributed by atoms with Crippen molar-refractivity contribution in [3.63, 3.8) is 0 Å². The molecule has 2 fully saturated rings. The molecule has 0 aromatic heterocycles. The van der Waals surface area contributed by atoms with Gasteiger partial charge in [0, 0.05) is 32.2 Å². The fraction of sp³-hybridized carbons (Fsp3) is 0.636. The molecule has 0 unspecified atom stereocenters. The van der Waals surface area contributed by atoms with Crippen molar-refractivity contribution in [2.24, 2.45) is 5.92 Å². The Kier molecular flexibility index (Phi) is 7.76. The van der Waals surface area contributed by atoms with Gasteiger partial charge in [0.05, 0.1) is 17.3 Å². The van der Waals surface area contributed by atoms with Crippen molar-refractivity contribution < 1.29 is 22.4 Å². The molecule has 5 nitrogen and oxygen atoms in total. The summed E-state index contributed by atoms with van der Waals surface area (Å²) < 4.78 is 52.4. The number of carbonyl (C=O) groups is 1. The van der Waals surface area contributed by atoms with Gasteiger partial charge in [-0.3, -0.25) is 9.69 Å². The summed E-state index contributed by atoms with van der Waals surface area (Å²) in [6.45, 7) is 3.61. The lowest BCUT2D eigenvalue weighted by Gasteiger charge is -2.37. The summed E-state index contributed by atoms with van der Waals surface area (Å²) >= 11 is 0. The second-order valence-electron chi connectivity index (χ2n) is 8.40. The van der Waals surface area contributed by atoms with Crippen LogP contribution in [0.4, 0.5) is 23.2 Å². The number of alkyl halides is 3. The topological polar surface area (TPSA) is 59.4 Å². The zero-order valence-electron chi connectivity index (χ0n) is 17.4. The lowest BCUT2D eigenvalue weighted by molar-refractivity contribution is -0.137. The van der Waals surface area contributed by atoms with Crippen molar-refractivity contribution in [3.8, 4) is 6.07 Å². The van der Waals surface area contributed by atoms with Crippen LogP contribution in [0.3, 0.4) is 0 Å². The van der Waals surface area contributed by atoms with Gasteiger partial charge in [-0.2, -0.15) is 18.4 Å². The van der Waals surface area contributed by atoms with Gasteiger partial charge in [0.25, 0.3) is 0 Å². The van der Waals surface area contributed by atoms with Gasteiger partial charge in [-0.15, -0.1) is 0 Å². The first-order valence-corrected chi connectivity index (χ1v) is 10.8. The number of hydrogen-bond acceptors (Lipinski definition) is 4. The van der Waals surface area contributed by atoms with E-state index in [4.69, 9.17) is 5.26 Å². The highest BCUT2D eigenvalue weighted by Crippen LogP contribution is 2.33. The lowest BCUT2D eigenvalue weighted by Crippen LogP contribution is -2.47. The average Bonchev–Trinajstić information content (AvgIpc) is 2.73. The minimum atomic E-state index is -4.54. The molecule has 2 aliphatic rings. The Morgan fingerprint density at radius 3 is 2.39 bits per heavy atom. The van der Waals surface area contributed by atoms with E-state index in [1.165, 1.54) is 6.07 Å². The van der Waals surface area contributed by atoms with Crippen molar-refractivity contribution in [3.05, 3.63) is 29.6 Å². The van der Waals surface area contributed by atoms with Crippen molar-refractivity contribution in [2.45, 2.75) is 50.7 Å². The van der Waals surface area contributed by atoms with E-state index in [0.29, 0.717) is 25.1 Å². The number of halogens is 4. The molecule has 1 amide bonds. The Labute approximate surface area is 180 Å². The van der Waals surface area contributed by atoms with Crippen LogP contribution >= 0.6 is 0 Å². The summed E-state index contributed by atoms with van der Waals surface area (Å²) in [6, 6.07) is 4.75. The number of amides is 1. The van der Waals surface area contributed by atoms with Crippen molar-refractivity contribution in [1.82, 2.24) is 10.2 Å². The van der Waals surface area contributed by atoms with Crippen LogP contribution in [0.15, 0.2) is 18.2 Å². The summed E-state index contributed by atoms with van der Waals surface area (Å²) in [5.41, 5.74) is -0.740. The molecule has 0 atom stereocenters. The number of benzene rings is 1. The zero-order valence-corrected chi connectivity index (χ0v) is 17.4. The number of nitrogens with one attached hydrogen (secondary N) is 1. The number of hydrogen-bond donors (Lipinski definition) is 1. The van der Waals surface area contributed by atoms with E-state index in [2.05, 4.69) is 10.2 Å². The molecule has 0 bridgehead atoms. The van der Waals surface area contributed by atoms with Crippen LogP contribution in [-0.2, 0) is 11.0 Å². The molecule has 1 aromatic rings. The van der Waals surface area contributed by atoms with E-state index in [9.17, 15) is 22.4 Å². The molecule has 9 heteroatoms. The van der Waals surface area contributed by atoms with E-state index in [0.717, 1.165) is 57.8 Å². The van der Waals surface area contributed by atoms with E-state index in [1.54, 1.807) is 4.90 Å². The predicted molar refractivity (Wildman–Crippen MR) is 109 cm³/mol. The van der Waals surface area contributed by atoms with Gasteiger partial charge in [0.15, 0.2) is 0 Å². The number of rotatable bonds is 6. The maximum atomic E-state index is 14.2. The molecule has 1 aliphatic carbocycles. The monoisotopic (exact) mass is 440 g/mol. The van der Waals surface area contributed by atoms with Crippen molar-refractivity contribution >= 4 is 11.6 Å². The summed E-state index contributed by atoms with van der Waals surface area (Å²) in [4.78, 5) is 15.6. The standard InChI is InChI=1S/C22H28F4N4O/c23-19-15-17(22(24,25)26)3-6-20(19)30-13-11-29(12-14-30)10-8-16-1-4-18(5-2-16)28-21(31)7-9-27/h3,6,15-16,18H,1-2,4-5,7-8,10-14H2,(H,28,31). The largest absolute Gasteiger partial charge is 0.416 e. The molecular weight excluding hydrogens is 412 g/mol. The molecular formula is C22H28F4N4O. The van der Waals surface area contributed by atoms with E-state index < -0.39 is 17.6 Å². The highest BCUT2D eigenvalue weighted by atomic mass is 19.4. The minimum absolute atomic E-state index is 0.0950. The summed E-state index contributed by atoms with van der Waals surface area (Å²) in [6.07, 6.45) is 0.392. The molecule has 3 rings (SSSR count). The van der Waals surface area contributed by atoms with Crippen LogP contribution in [-0.4, -0.2) is 49.6 Å². The maximum Gasteiger partial charge on any atom is 0.416 e. The van der Waals surface area contributed by atoms with Gasteiger partial charge in [0.2, 0.25) is 5.91 Å². The lowest BCUT2D eigenvalue weighted by atomic mass is 9.84. The fourth-order valence-corrected chi connectivity index (χ4v) is 4.46. The van der Waals surface area contributed by atoms with Crippen LogP contribution in [0, 0.1) is 23.1 Å². The molecule has 1 aliphatic heterocycles. The summed E-state index contributed by atoms with van der Waals surface area (Å²) in [5.74, 6) is -0.426. The minimum Gasteiger partial charge on any atom is -0.367 e. The number of nitriles is 1. The summed E-state index contributed by atoms with van der Waals surface area (Å²) in [7, 11) is 0. The Morgan fingerprint density at radius 1 is 1.13 bits per heavy atom. The van der Waals surface area contributed by atoms with Crippen LogP contribution in [0.2, 0.25) is 0 Å². The van der Waals surface area contributed by atoms with Crippen LogP contribution in [0.5, 0.6) is 0 Å². The van der Waals surface area contributed by atoms with Crippen molar-refractivity contribution in [1.29, 1.82) is 5.26 Å². The molecule has 170 valence electrons. The number of piperazine rings is 1. The van der Waals surface area contributed by atoms with Crippen LogP contribution in [0.1, 0.15) is 44.1 Å². The quantitative estimate of drug-likeness (QED) is 0.681. The molecule has 1 heterocycles. The summed E-state index contributed by atoms with van der Waals surface area (Å²) in [5, 5.41) is 11.5. The van der Waals surface area contributed by atoms with Crippen molar-refractivity contribution in [2.75, 3.05) is 37.6 Å². The number of anilines is 1. The van der Waals surface area contributed by atoms with Gasteiger partial charge in [0.1, 0.15) is 12.2 Å². The fourth-order valence-electron chi connectivity index (χ4n) is 4.46. The molecule has 1 saturated heterocycles. The Balaban J connectivity index is 1.39. The molecule has 1 saturated carbocycles. The molecule has 1 aromatic carbocycles. The maximum absolute atomic E-state index is 14.2. The highest BCUT2D eigenvalue weighted by Gasteiger charge is 2.32. The second kappa shape index (κ2) is 10.3. The molecule has 31 heavy (non-hydrogen) atoms. The van der Waals surface area contributed by atoms with Gasteiger partial charge in [-0.05, 0) is 62.8 Å². The van der Waals surface area contributed by atoms with E-state index in [-0.39, 0.29) is 24.1 Å². The average molecular weight is 440 g/mol. The zero-order chi connectivity index (χ0) is 22.4. The normalized spacial score (nSPS) is 22.7. The van der Waals surface area contributed by atoms with E-state index >= 15 is 0 Å². The van der Waals surface area contributed by atoms with Gasteiger partial charge < -0.3 is 10.2 Å². The first-order chi connectivity index (χ1) is 14.8. The third-order valence-electron chi connectivity index (χ3n) is 6.29. The molecule has 0 radical (unpaired) electrons. The second-order valence-corrected chi connectivity index (χ2v) is 8.40. The van der Waals surface area contributed by atoms with Crippen LogP contribution in [0.25, 0.3) is 0 Å². The Hall–Kier alpha value is -2.34. The highest BCUT2D eigenvalue weighted by molar-refractivity contribution is 5.78. The predicted octanol–water partition coefficient (Wildman–Crippen LogP) is 3.95. The SMILES string of the molecule is N#CCC(=O)NC1CCC(CCN2CCN(c3ccc(C(F)(F)F)cc3F)CC2)CC1. The van der Waals surface area contributed by atoms with Gasteiger partial charge in [-0.1, -0.05) is 0 Å². The third-order valence-corrected chi connectivity index (χ3v) is 6.29. The molecule has 0 spiro atoms. The van der Waals surface area contributed by atoms with Gasteiger partial charge in [-0.25, -0.2) is 4.39 Å². The number of carbonyl (C=O) groups excluding carboxylic acids is 1. The first kappa shape index (κ1) is 23.3. The van der Waals surface area contributed by atoms with E-state index in [1.807, 2.05) is 6.07 Å². The van der Waals surface area contributed by atoms with Crippen LogP contribution < -0.4 is 10.2 Å². The molecule has 1 N–H and O–H groups in total.